The molecular weight excluding hydrogens is 454 g/mol. The van der Waals surface area contributed by atoms with Crippen LogP contribution in [0.25, 0.3) is 33.5 Å². The summed E-state index contributed by atoms with van der Waals surface area (Å²) in [7, 11) is 0. The van der Waals surface area contributed by atoms with Crippen LogP contribution in [0.1, 0.15) is 0 Å². The Hall–Kier alpha value is -1.95. The summed E-state index contributed by atoms with van der Waals surface area (Å²) in [6, 6.07) is 26.2. The summed E-state index contributed by atoms with van der Waals surface area (Å²) in [5.74, 6) is 0.928. The summed E-state index contributed by atoms with van der Waals surface area (Å²) in [5.41, 5.74) is 5.33. The number of hydrogen-bond acceptors (Lipinski definition) is 2. The van der Waals surface area contributed by atoms with Crippen LogP contribution in [0.2, 0.25) is 0 Å². The zero-order valence-electron chi connectivity index (χ0n) is 14.5. The molecule has 0 aliphatic heterocycles. The molecule has 0 spiro atoms. The van der Waals surface area contributed by atoms with E-state index in [1.165, 1.54) is 0 Å². The van der Waals surface area contributed by atoms with Gasteiger partial charge in [-0.15, -0.1) is 0 Å². The Morgan fingerprint density at radius 3 is 1.64 bits per heavy atom. The topological polar surface area (TPSA) is 57.4 Å². The van der Waals surface area contributed by atoms with Crippen LogP contribution in [-0.4, -0.2) is 19.9 Å². The maximum Gasteiger partial charge on any atom is 0.138 e. The number of nitrogens with one attached hydrogen (secondary N) is 2. The van der Waals surface area contributed by atoms with Crippen molar-refractivity contribution in [1.29, 1.82) is 0 Å². The largest absolute Gasteiger partial charge is 0.338 e. The fourth-order valence-corrected chi connectivity index (χ4v) is 2.98. The van der Waals surface area contributed by atoms with Gasteiger partial charge in [-0.05, 0) is 12.1 Å². The number of imidazole rings is 2. The van der Waals surface area contributed by atoms with E-state index in [-0.39, 0.29) is 37.2 Å². The molecule has 28 heavy (non-hydrogen) atoms. The number of rotatable bonds is 1. The summed E-state index contributed by atoms with van der Waals surface area (Å²) in [6.45, 7) is 0. The number of halogens is 3. The third kappa shape index (κ3) is 5.54. The number of para-hydroxylation sites is 4. The quantitative estimate of drug-likeness (QED) is 0.259. The average molecular weight is 469 g/mol. The van der Waals surface area contributed by atoms with Gasteiger partial charge in [-0.1, -0.05) is 42.5 Å². The minimum absolute atomic E-state index is 0. The molecule has 5 rings (SSSR count). The molecule has 0 aliphatic carbocycles. The van der Waals surface area contributed by atoms with E-state index in [0.29, 0.717) is 0 Å². The minimum atomic E-state index is 0. The fraction of sp³-hybridized carbons (Fsp3) is 0. The Morgan fingerprint density at radius 2 is 1.07 bits per heavy atom. The van der Waals surface area contributed by atoms with Crippen molar-refractivity contribution in [2.45, 2.75) is 0 Å². The number of benzene rings is 3. The van der Waals surface area contributed by atoms with Crippen LogP contribution in [0, 0.1) is 0 Å². The Labute approximate surface area is 190 Å². The van der Waals surface area contributed by atoms with E-state index in [9.17, 15) is 0 Å². The number of aromatic nitrogens is 4. The maximum atomic E-state index is 4.53. The molecule has 0 aliphatic rings. The van der Waals surface area contributed by atoms with Gasteiger partial charge in [0.2, 0.25) is 0 Å². The molecule has 0 atom stereocenters. The van der Waals surface area contributed by atoms with Crippen LogP contribution >= 0.6 is 0 Å². The standard InChI is InChI=1S/C13H10N2.C7H5N2.3ClH.V/c1-2-6-10(7-3-1)13-14-11-8-4-5-9-12(11)15-13;1-2-4-7-6(3-1)8-5-9-7;;;;/h1-9H,(H,14,15);1-4H,(H,8,9);3*1H;/q;;;;;+3/p-3. The number of aromatic amines is 2. The molecular formula is C20H15Cl3N4V. The van der Waals surface area contributed by atoms with E-state index < -0.39 is 0 Å². The molecule has 141 valence electrons. The molecule has 0 unspecified atom stereocenters. The van der Waals surface area contributed by atoms with Gasteiger partial charge >= 0.3 is 67.2 Å². The first-order chi connectivity index (χ1) is 12.3. The van der Waals surface area contributed by atoms with Crippen molar-refractivity contribution in [1.82, 2.24) is 19.9 Å². The van der Waals surface area contributed by atoms with Crippen LogP contribution in [0.5, 0.6) is 0 Å². The number of H-pyrrole nitrogens is 2. The number of hydrogen-bond donors (Lipinski definition) is 2. The van der Waals surface area contributed by atoms with Gasteiger partial charge in [0.15, 0.2) is 0 Å². The molecule has 2 aromatic heterocycles. The molecule has 5 aromatic rings. The summed E-state index contributed by atoms with van der Waals surface area (Å²) in [4.78, 5) is 15.2. The minimum Gasteiger partial charge on any atom is -0.338 e. The van der Waals surface area contributed by atoms with Crippen LogP contribution in [-0.2, 0) is 17.4 Å². The zero-order valence-corrected chi connectivity index (χ0v) is 18.1. The smallest absolute Gasteiger partial charge is 0.138 e. The van der Waals surface area contributed by atoms with Gasteiger partial charge in [-0.2, -0.15) is 0 Å². The summed E-state index contributed by atoms with van der Waals surface area (Å²) >= 11 is 2.39. The van der Waals surface area contributed by atoms with Gasteiger partial charge in [0, 0.05) is 5.56 Å². The first-order valence-electron chi connectivity index (χ1n) is 7.93. The first-order valence-corrected chi connectivity index (χ1v) is 8.63. The van der Waals surface area contributed by atoms with E-state index in [2.05, 4.69) is 49.5 Å². The van der Waals surface area contributed by atoms with E-state index in [1.807, 2.05) is 66.7 Å². The molecule has 0 bridgehead atoms. The molecule has 3 aromatic carbocycles. The number of nitrogens with zero attached hydrogens (tertiary/aromatic N) is 2. The second-order valence-electron chi connectivity index (χ2n) is 5.55. The Kier molecular flexibility index (Phi) is 9.60. The first kappa shape index (κ1) is 24.1. The molecule has 0 amide bonds. The second kappa shape index (κ2) is 11.2. The van der Waals surface area contributed by atoms with Crippen LogP contribution < -0.4 is 41.8 Å². The van der Waals surface area contributed by atoms with Crippen LogP contribution in [0.3, 0.4) is 0 Å². The molecule has 0 saturated heterocycles. The SMILES string of the molecule is [Cl-].[Cl-].[Cl-].[V+3][c]1nc2ccccc2[nH]1.c1ccc(-c2nc3ccccc3[nH]2)cc1. The normalized spacial score (nSPS) is 9.50. The summed E-state index contributed by atoms with van der Waals surface area (Å²) in [6.07, 6.45) is 0. The average Bonchev–Trinajstić information content (AvgIpc) is 3.25. The molecule has 0 saturated carbocycles. The van der Waals surface area contributed by atoms with Crippen molar-refractivity contribution in [3.63, 3.8) is 0 Å². The third-order valence-corrected chi connectivity index (χ3v) is 4.14. The maximum absolute atomic E-state index is 4.53. The van der Waals surface area contributed by atoms with Gasteiger partial charge in [-0.3, -0.25) is 0 Å². The van der Waals surface area contributed by atoms with Crippen molar-refractivity contribution in [3.8, 4) is 11.4 Å². The Balaban J connectivity index is 0.000000269. The summed E-state index contributed by atoms with van der Waals surface area (Å²) < 4.78 is 0.911. The van der Waals surface area contributed by atoms with Gasteiger partial charge in [0.1, 0.15) is 5.82 Å². The van der Waals surface area contributed by atoms with E-state index in [4.69, 9.17) is 0 Å². The van der Waals surface area contributed by atoms with E-state index >= 15 is 0 Å². The Morgan fingerprint density at radius 1 is 0.571 bits per heavy atom. The molecule has 2 N–H and O–H groups in total. The van der Waals surface area contributed by atoms with Gasteiger partial charge < -0.3 is 42.2 Å². The molecule has 4 nitrogen and oxygen atoms in total. The Bertz CT molecular complexity index is 1060. The monoisotopic (exact) mass is 467 g/mol. The van der Waals surface area contributed by atoms with Crippen molar-refractivity contribution >= 4 is 26.6 Å². The molecule has 2 heterocycles. The van der Waals surface area contributed by atoms with Crippen molar-refractivity contribution in [3.05, 3.63) is 78.9 Å². The number of fused-ring (bicyclic) bond motifs is 2. The van der Waals surface area contributed by atoms with Crippen molar-refractivity contribution < 1.29 is 54.6 Å². The second-order valence-corrected chi connectivity index (χ2v) is 6.21. The van der Waals surface area contributed by atoms with E-state index in [0.717, 1.165) is 38.0 Å². The fourth-order valence-electron chi connectivity index (χ4n) is 2.62. The zero-order chi connectivity index (χ0) is 17.1. The van der Waals surface area contributed by atoms with Gasteiger partial charge in [0.25, 0.3) is 0 Å². The summed E-state index contributed by atoms with van der Waals surface area (Å²) in [5, 5.41) is 0. The van der Waals surface area contributed by atoms with Crippen molar-refractivity contribution in [2.75, 3.05) is 0 Å². The third-order valence-electron chi connectivity index (χ3n) is 3.81. The molecule has 8 heteroatoms. The van der Waals surface area contributed by atoms with Crippen LogP contribution in [0.15, 0.2) is 78.9 Å². The van der Waals surface area contributed by atoms with Gasteiger partial charge in [-0.25, -0.2) is 4.98 Å². The predicted octanol–water partition coefficient (Wildman–Crippen LogP) is -5.02. The van der Waals surface area contributed by atoms with Crippen LogP contribution in [0.4, 0.5) is 0 Å². The van der Waals surface area contributed by atoms with Gasteiger partial charge in [0.05, 0.1) is 11.0 Å². The molecule has 0 fully saturated rings. The van der Waals surface area contributed by atoms with E-state index in [1.54, 1.807) is 0 Å². The predicted molar refractivity (Wildman–Crippen MR) is 97.3 cm³/mol. The van der Waals surface area contributed by atoms with Crippen molar-refractivity contribution in [2.24, 2.45) is 0 Å². The molecule has 0 radical (unpaired) electrons.